The van der Waals surface area contributed by atoms with Gasteiger partial charge in [-0.1, -0.05) is 57.5 Å². The molecular formula is C19H27NO3. The lowest BCUT2D eigenvalue weighted by Crippen LogP contribution is -2.42. The Morgan fingerprint density at radius 2 is 1.87 bits per heavy atom. The predicted octanol–water partition coefficient (Wildman–Crippen LogP) is 4.56. The SMILES string of the molecule is CC[C@@H](C)C[C@@H](CC)C(=O)N1C(=O)O[C@@H](c2ccccc2)[C@H]1C. The predicted molar refractivity (Wildman–Crippen MR) is 89.8 cm³/mol. The molecule has 1 aliphatic rings. The standard InChI is InChI=1S/C19H27NO3/c1-5-13(3)12-15(6-2)18(21)20-14(4)17(23-19(20)22)16-10-8-7-9-11-16/h7-11,13-15,17H,5-6,12H2,1-4H3/t13-,14-,15-,17-/m1/s1. The Bertz CT molecular complexity index is 543. The third-order valence-electron chi connectivity index (χ3n) is 4.86. The summed E-state index contributed by atoms with van der Waals surface area (Å²) in [5.74, 6) is 0.265. The quantitative estimate of drug-likeness (QED) is 0.773. The van der Waals surface area contributed by atoms with Crippen molar-refractivity contribution >= 4 is 12.0 Å². The maximum atomic E-state index is 12.9. The van der Waals surface area contributed by atoms with Gasteiger partial charge >= 0.3 is 6.09 Å². The molecule has 0 bridgehead atoms. The van der Waals surface area contributed by atoms with Crippen LogP contribution in [0.15, 0.2) is 30.3 Å². The van der Waals surface area contributed by atoms with Crippen LogP contribution in [-0.2, 0) is 9.53 Å². The fraction of sp³-hybridized carbons (Fsp3) is 0.579. The number of benzene rings is 1. The number of imide groups is 1. The third kappa shape index (κ3) is 3.74. The smallest absolute Gasteiger partial charge is 0.417 e. The summed E-state index contributed by atoms with van der Waals surface area (Å²) >= 11 is 0. The van der Waals surface area contributed by atoms with E-state index >= 15 is 0 Å². The number of hydrogen-bond donors (Lipinski definition) is 0. The van der Waals surface area contributed by atoms with E-state index < -0.39 is 6.09 Å². The Hall–Kier alpha value is -1.84. The molecule has 0 saturated carbocycles. The molecule has 0 radical (unpaired) electrons. The van der Waals surface area contributed by atoms with Crippen LogP contribution in [0.3, 0.4) is 0 Å². The average Bonchev–Trinajstić information content (AvgIpc) is 2.87. The van der Waals surface area contributed by atoms with Crippen molar-refractivity contribution < 1.29 is 14.3 Å². The second-order valence-electron chi connectivity index (χ2n) is 6.52. The fourth-order valence-corrected chi connectivity index (χ4v) is 3.14. The Morgan fingerprint density at radius 3 is 2.43 bits per heavy atom. The molecule has 0 aromatic heterocycles. The first kappa shape index (κ1) is 17.5. The minimum absolute atomic E-state index is 0.0938. The van der Waals surface area contributed by atoms with E-state index in [4.69, 9.17) is 4.74 Å². The molecule has 0 N–H and O–H groups in total. The number of cyclic esters (lactones) is 1. The summed E-state index contributed by atoms with van der Waals surface area (Å²) in [6, 6.07) is 9.34. The number of nitrogens with zero attached hydrogens (tertiary/aromatic N) is 1. The van der Waals surface area contributed by atoms with E-state index in [1.165, 1.54) is 4.90 Å². The minimum atomic E-state index is -0.515. The average molecular weight is 317 g/mol. The summed E-state index contributed by atoms with van der Waals surface area (Å²) in [6.07, 6.45) is 1.71. The van der Waals surface area contributed by atoms with Crippen LogP contribution in [0.5, 0.6) is 0 Å². The molecule has 23 heavy (non-hydrogen) atoms. The van der Waals surface area contributed by atoms with Crippen molar-refractivity contribution in [2.24, 2.45) is 11.8 Å². The van der Waals surface area contributed by atoms with Crippen LogP contribution >= 0.6 is 0 Å². The fourth-order valence-electron chi connectivity index (χ4n) is 3.14. The molecule has 4 nitrogen and oxygen atoms in total. The van der Waals surface area contributed by atoms with Gasteiger partial charge in [0.15, 0.2) is 0 Å². The zero-order valence-electron chi connectivity index (χ0n) is 14.5. The Morgan fingerprint density at radius 1 is 1.22 bits per heavy atom. The summed E-state index contributed by atoms with van der Waals surface area (Å²) in [5, 5.41) is 0. The van der Waals surface area contributed by atoms with Crippen LogP contribution in [0.25, 0.3) is 0 Å². The first-order valence-corrected chi connectivity index (χ1v) is 8.58. The van der Waals surface area contributed by atoms with Crippen LogP contribution in [0, 0.1) is 11.8 Å². The molecule has 0 spiro atoms. The summed E-state index contributed by atoms with van der Waals surface area (Å²) in [7, 11) is 0. The van der Waals surface area contributed by atoms with Crippen molar-refractivity contribution in [3.05, 3.63) is 35.9 Å². The van der Waals surface area contributed by atoms with Crippen LogP contribution in [0.2, 0.25) is 0 Å². The molecule has 4 atom stereocenters. The number of ether oxygens (including phenoxy) is 1. The number of amides is 2. The number of carbonyl (C=O) groups excluding carboxylic acids is 2. The van der Waals surface area contributed by atoms with E-state index in [-0.39, 0.29) is 24.0 Å². The molecule has 126 valence electrons. The summed E-state index contributed by atoms with van der Waals surface area (Å²) in [4.78, 5) is 26.4. The Labute approximate surface area is 138 Å². The highest BCUT2D eigenvalue weighted by atomic mass is 16.6. The number of hydrogen-bond acceptors (Lipinski definition) is 3. The molecule has 0 unspecified atom stereocenters. The normalized spacial score (nSPS) is 23.5. The van der Waals surface area contributed by atoms with E-state index in [0.29, 0.717) is 5.92 Å². The van der Waals surface area contributed by atoms with E-state index in [2.05, 4.69) is 13.8 Å². The van der Waals surface area contributed by atoms with E-state index in [1.54, 1.807) is 0 Å². The van der Waals surface area contributed by atoms with Crippen LogP contribution in [0.1, 0.15) is 58.6 Å². The lowest BCUT2D eigenvalue weighted by atomic mass is 9.90. The van der Waals surface area contributed by atoms with Gasteiger partial charge in [0, 0.05) is 5.92 Å². The van der Waals surface area contributed by atoms with Gasteiger partial charge in [-0.2, -0.15) is 0 Å². The summed E-state index contributed by atoms with van der Waals surface area (Å²) in [6.45, 7) is 8.16. The van der Waals surface area contributed by atoms with Gasteiger partial charge in [-0.05, 0) is 31.2 Å². The van der Waals surface area contributed by atoms with Gasteiger partial charge in [0.1, 0.15) is 6.10 Å². The van der Waals surface area contributed by atoms with Gasteiger partial charge in [-0.3, -0.25) is 4.79 Å². The molecular weight excluding hydrogens is 290 g/mol. The number of rotatable bonds is 6. The van der Waals surface area contributed by atoms with Crippen molar-refractivity contribution in [3.63, 3.8) is 0 Å². The van der Waals surface area contributed by atoms with Crippen molar-refractivity contribution in [3.8, 4) is 0 Å². The first-order valence-electron chi connectivity index (χ1n) is 8.58. The summed E-state index contributed by atoms with van der Waals surface area (Å²) < 4.78 is 5.49. The summed E-state index contributed by atoms with van der Waals surface area (Å²) in [5.41, 5.74) is 0.929. The maximum absolute atomic E-state index is 12.9. The highest BCUT2D eigenvalue weighted by molar-refractivity contribution is 5.95. The molecule has 1 aliphatic heterocycles. The molecule has 2 rings (SSSR count). The van der Waals surface area contributed by atoms with E-state index in [0.717, 1.165) is 24.8 Å². The molecule has 0 aliphatic carbocycles. The minimum Gasteiger partial charge on any atom is -0.439 e. The zero-order valence-corrected chi connectivity index (χ0v) is 14.5. The molecule has 1 heterocycles. The molecule has 1 fully saturated rings. The van der Waals surface area contributed by atoms with Crippen molar-refractivity contribution in [2.75, 3.05) is 0 Å². The van der Waals surface area contributed by atoms with E-state index in [1.807, 2.05) is 44.2 Å². The highest BCUT2D eigenvalue weighted by Gasteiger charge is 2.44. The third-order valence-corrected chi connectivity index (χ3v) is 4.86. The van der Waals surface area contributed by atoms with E-state index in [9.17, 15) is 9.59 Å². The highest BCUT2D eigenvalue weighted by Crippen LogP contribution is 2.34. The number of carbonyl (C=O) groups is 2. The molecule has 1 aromatic rings. The van der Waals surface area contributed by atoms with Gasteiger partial charge in [-0.15, -0.1) is 0 Å². The molecule has 4 heteroatoms. The topological polar surface area (TPSA) is 46.6 Å². The second kappa shape index (κ2) is 7.62. The van der Waals surface area contributed by atoms with Crippen LogP contribution < -0.4 is 0 Å². The maximum Gasteiger partial charge on any atom is 0.417 e. The van der Waals surface area contributed by atoms with Gasteiger partial charge in [-0.25, -0.2) is 9.69 Å². The molecule has 1 aromatic carbocycles. The monoisotopic (exact) mass is 317 g/mol. The van der Waals surface area contributed by atoms with Gasteiger partial charge in [0.2, 0.25) is 5.91 Å². The Balaban J connectivity index is 2.15. The Kier molecular flexibility index (Phi) is 5.80. The zero-order chi connectivity index (χ0) is 17.0. The van der Waals surface area contributed by atoms with Crippen LogP contribution in [-0.4, -0.2) is 22.9 Å². The first-order chi connectivity index (χ1) is 11.0. The lowest BCUT2D eigenvalue weighted by molar-refractivity contribution is -0.134. The van der Waals surface area contributed by atoms with Gasteiger partial charge < -0.3 is 4.74 Å². The van der Waals surface area contributed by atoms with Crippen molar-refractivity contribution in [2.45, 2.75) is 59.1 Å². The van der Waals surface area contributed by atoms with Crippen molar-refractivity contribution in [1.82, 2.24) is 4.90 Å². The molecule has 2 amide bonds. The van der Waals surface area contributed by atoms with Crippen molar-refractivity contribution in [1.29, 1.82) is 0 Å². The van der Waals surface area contributed by atoms with Gasteiger partial charge in [0.05, 0.1) is 6.04 Å². The lowest BCUT2D eigenvalue weighted by Gasteiger charge is -2.25. The van der Waals surface area contributed by atoms with Gasteiger partial charge in [0.25, 0.3) is 0 Å². The second-order valence-corrected chi connectivity index (χ2v) is 6.52. The van der Waals surface area contributed by atoms with Crippen LogP contribution in [0.4, 0.5) is 4.79 Å². The largest absolute Gasteiger partial charge is 0.439 e. The molecule has 1 saturated heterocycles.